The van der Waals surface area contributed by atoms with Crippen LogP contribution >= 0.6 is 11.3 Å². The average molecular weight is 568 g/mol. The molecule has 1 fully saturated rings. The van der Waals surface area contributed by atoms with Gasteiger partial charge in [-0.15, -0.1) is 11.3 Å². The minimum Gasteiger partial charge on any atom is -0.481 e. The van der Waals surface area contributed by atoms with Crippen LogP contribution in [0.25, 0.3) is 11.3 Å². The summed E-state index contributed by atoms with van der Waals surface area (Å²) < 4.78 is 0. The maximum absolute atomic E-state index is 12.5. The third-order valence-electron chi connectivity index (χ3n) is 7.91. The topological polar surface area (TPSA) is 82.5 Å². The molecule has 4 aromatic rings. The molecule has 1 aromatic heterocycles. The van der Waals surface area contributed by atoms with Crippen molar-refractivity contribution in [2.45, 2.75) is 51.0 Å². The molecule has 6 nitrogen and oxygen atoms in total. The second kappa shape index (κ2) is 14.1. The molecule has 212 valence electrons. The van der Waals surface area contributed by atoms with Crippen LogP contribution < -0.4 is 10.2 Å². The van der Waals surface area contributed by atoms with Crippen LogP contribution in [0, 0.1) is 5.92 Å². The van der Waals surface area contributed by atoms with Crippen molar-refractivity contribution in [2.75, 3.05) is 18.0 Å². The number of thiazole rings is 1. The number of nitrogens with one attached hydrogen (secondary N) is 1. The first kappa shape index (κ1) is 28.6. The Balaban J connectivity index is 1.40. The molecule has 7 heteroatoms. The van der Waals surface area contributed by atoms with E-state index in [4.69, 9.17) is 10.1 Å². The highest BCUT2D eigenvalue weighted by Crippen LogP contribution is 2.38. The summed E-state index contributed by atoms with van der Waals surface area (Å²) >= 11 is 1.68. The molecule has 0 radical (unpaired) electrons. The fourth-order valence-corrected chi connectivity index (χ4v) is 6.57. The molecule has 1 aliphatic carbocycles. The summed E-state index contributed by atoms with van der Waals surface area (Å²) in [7, 11) is 0. The summed E-state index contributed by atoms with van der Waals surface area (Å²) in [6.07, 6.45) is 6.32. The zero-order chi connectivity index (χ0) is 28.4. The van der Waals surface area contributed by atoms with Crippen molar-refractivity contribution in [3.05, 3.63) is 107 Å². The number of carboxylic acid groups (broad SMARTS) is 1. The highest BCUT2D eigenvalue weighted by atomic mass is 32.1. The number of carbonyl (C=O) groups excluding carboxylic acids is 1. The first-order chi connectivity index (χ1) is 20.1. The van der Waals surface area contributed by atoms with Crippen LogP contribution in [0.3, 0.4) is 0 Å². The van der Waals surface area contributed by atoms with Gasteiger partial charge in [0.15, 0.2) is 5.13 Å². The molecule has 41 heavy (non-hydrogen) atoms. The molecule has 1 aliphatic rings. The van der Waals surface area contributed by atoms with E-state index in [1.54, 1.807) is 11.3 Å². The number of hydrogen-bond acceptors (Lipinski definition) is 5. The van der Waals surface area contributed by atoms with E-state index in [1.807, 2.05) is 42.5 Å². The van der Waals surface area contributed by atoms with Gasteiger partial charge < -0.3 is 15.3 Å². The zero-order valence-electron chi connectivity index (χ0n) is 23.2. The van der Waals surface area contributed by atoms with Crippen LogP contribution in [0.1, 0.15) is 65.9 Å². The monoisotopic (exact) mass is 567 g/mol. The average Bonchev–Trinajstić information content (AvgIpc) is 3.51. The molecule has 2 N–H and O–H groups in total. The Morgan fingerprint density at radius 2 is 1.61 bits per heavy atom. The number of carbonyl (C=O) groups is 2. The van der Waals surface area contributed by atoms with Crippen LogP contribution in [-0.4, -0.2) is 35.1 Å². The van der Waals surface area contributed by atoms with Gasteiger partial charge in [0.25, 0.3) is 5.91 Å². The van der Waals surface area contributed by atoms with E-state index >= 15 is 0 Å². The van der Waals surface area contributed by atoms with E-state index in [9.17, 15) is 9.59 Å². The molecule has 1 atom stereocenters. The Kier molecular flexibility index (Phi) is 9.81. The summed E-state index contributed by atoms with van der Waals surface area (Å²) in [5.41, 5.74) is 5.10. The Morgan fingerprint density at radius 3 is 2.29 bits per heavy atom. The maximum atomic E-state index is 12.5. The van der Waals surface area contributed by atoms with Crippen molar-refractivity contribution >= 4 is 28.3 Å². The number of carboxylic acids is 1. The second-order valence-electron chi connectivity index (χ2n) is 10.8. The molecule has 1 saturated carbocycles. The van der Waals surface area contributed by atoms with Gasteiger partial charge in [-0.25, -0.2) is 4.98 Å². The standard InChI is InChI=1S/C34H37N3O3S/c38-32(39)20-21-35-33(40)29-18-16-25(17-19-29)22-37(34-36-31(24-41-34)28-14-8-3-9-15-28)23-30(26-10-4-1-5-11-26)27-12-6-2-7-13-27/h1,3-5,8-11,14-19,24,27,30H,2,6-7,12-13,20-23H2,(H,35,40)(H,38,39). The smallest absolute Gasteiger partial charge is 0.305 e. The van der Waals surface area contributed by atoms with Crippen LogP contribution in [0.5, 0.6) is 0 Å². The second-order valence-corrected chi connectivity index (χ2v) is 11.6. The molecule has 0 bridgehead atoms. The predicted octanol–water partition coefficient (Wildman–Crippen LogP) is 7.39. The summed E-state index contributed by atoms with van der Waals surface area (Å²) in [5, 5.41) is 14.6. The van der Waals surface area contributed by atoms with Crippen molar-refractivity contribution in [2.24, 2.45) is 5.92 Å². The molecule has 1 heterocycles. The summed E-state index contributed by atoms with van der Waals surface area (Å²) in [4.78, 5) is 30.7. The molecule has 3 aromatic carbocycles. The van der Waals surface area contributed by atoms with Gasteiger partial charge in [-0.05, 0) is 42.0 Å². The maximum Gasteiger partial charge on any atom is 0.305 e. The first-order valence-corrected chi connectivity index (χ1v) is 15.3. The first-order valence-electron chi connectivity index (χ1n) is 14.5. The van der Waals surface area contributed by atoms with E-state index in [2.05, 4.69) is 58.1 Å². The van der Waals surface area contributed by atoms with Gasteiger partial charge >= 0.3 is 5.97 Å². The van der Waals surface area contributed by atoms with E-state index < -0.39 is 5.97 Å². The van der Waals surface area contributed by atoms with Crippen molar-refractivity contribution in [3.8, 4) is 11.3 Å². The van der Waals surface area contributed by atoms with Crippen LogP contribution in [0.15, 0.2) is 90.3 Å². The molecular formula is C34H37N3O3S. The Morgan fingerprint density at radius 1 is 0.927 bits per heavy atom. The van der Waals surface area contributed by atoms with Crippen LogP contribution in [0.4, 0.5) is 5.13 Å². The van der Waals surface area contributed by atoms with Crippen LogP contribution in [-0.2, 0) is 11.3 Å². The van der Waals surface area contributed by atoms with Gasteiger partial charge in [-0.2, -0.15) is 0 Å². The normalized spacial score (nSPS) is 14.3. The van der Waals surface area contributed by atoms with Crippen molar-refractivity contribution in [1.82, 2.24) is 10.3 Å². The lowest BCUT2D eigenvalue weighted by Crippen LogP contribution is -2.32. The van der Waals surface area contributed by atoms with Gasteiger partial charge in [-0.3, -0.25) is 9.59 Å². The summed E-state index contributed by atoms with van der Waals surface area (Å²) in [5.74, 6) is -0.150. The number of aromatic nitrogens is 1. The zero-order valence-corrected chi connectivity index (χ0v) is 24.1. The lowest BCUT2D eigenvalue weighted by Gasteiger charge is -2.35. The highest BCUT2D eigenvalue weighted by Gasteiger charge is 2.28. The van der Waals surface area contributed by atoms with Gasteiger partial charge in [0, 0.05) is 42.1 Å². The number of rotatable bonds is 12. The Labute approximate surface area is 246 Å². The molecule has 1 unspecified atom stereocenters. The quantitative estimate of drug-likeness (QED) is 0.187. The SMILES string of the molecule is O=C(O)CCNC(=O)c1ccc(CN(CC(c2ccccc2)C2CCCCC2)c2nc(-c3ccccc3)cs2)cc1. The molecule has 1 amide bonds. The molecule has 0 aliphatic heterocycles. The third-order valence-corrected chi connectivity index (χ3v) is 8.81. The van der Waals surface area contributed by atoms with Gasteiger partial charge in [-0.1, -0.05) is 92.1 Å². The number of benzene rings is 3. The summed E-state index contributed by atoms with van der Waals surface area (Å²) in [6, 6.07) is 28.8. The Hall–Kier alpha value is -3.97. The predicted molar refractivity (Wildman–Crippen MR) is 165 cm³/mol. The number of hydrogen-bond donors (Lipinski definition) is 2. The lowest BCUT2D eigenvalue weighted by atomic mass is 9.76. The third kappa shape index (κ3) is 7.82. The highest BCUT2D eigenvalue weighted by molar-refractivity contribution is 7.14. The fourth-order valence-electron chi connectivity index (χ4n) is 5.73. The minimum atomic E-state index is -0.930. The van der Waals surface area contributed by atoms with Crippen molar-refractivity contribution < 1.29 is 14.7 Å². The van der Waals surface area contributed by atoms with Crippen molar-refractivity contribution in [1.29, 1.82) is 0 Å². The van der Waals surface area contributed by atoms with Gasteiger partial charge in [0.05, 0.1) is 12.1 Å². The van der Waals surface area contributed by atoms with E-state index in [0.29, 0.717) is 23.9 Å². The largest absolute Gasteiger partial charge is 0.481 e. The molecule has 5 rings (SSSR count). The molecular weight excluding hydrogens is 530 g/mol. The van der Waals surface area contributed by atoms with Gasteiger partial charge in [0.2, 0.25) is 0 Å². The minimum absolute atomic E-state index is 0.0961. The van der Waals surface area contributed by atoms with E-state index in [0.717, 1.165) is 28.5 Å². The van der Waals surface area contributed by atoms with Gasteiger partial charge in [0.1, 0.15) is 0 Å². The number of amides is 1. The van der Waals surface area contributed by atoms with Crippen molar-refractivity contribution in [3.63, 3.8) is 0 Å². The number of aliphatic carboxylic acids is 1. The van der Waals surface area contributed by atoms with E-state index in [1.165, 1.54) is 37.7 Å². The fraction of sp³-hybridized carbons (Fsp3) is 0.324. The van der Waals surface area contributed by atoms with Crippen LogP contribution in [0.2, 0.25) is 0 Å². The number of nitrogens with zero attached hydrogens (tertiary/aromatic N) is 2. The Bertz CT molecular complexity index is 1400. The summed E-state index contributed by atoms with van der Waals surface area (Å²) in [6.45, 7) is 1.66. The number of anilines is 1. The van der Waals surface area contributed by atoms with E-state index in [-0.39, 0.29) is 18.9 Å². The molecule has 0 saturated heterocycles. The lowest BCUT2D eigenvalue weighted by molar-refractivity contribution is -0.136. The molecule has 0 spiro atoms.